The van der Waals surface area contributed by atoms with E-state index >= 15 is 0 Å². The van der Waals surface area contributed by atoms with E-state index in [1.165, 1.54) is 56.7 Å². The van der Waals surface area contributed by atoms with Crippen molar-refractivity contribution in [3.63, 3.8) is 0 Å². The van der Waals surface area contributed by atoms with Crippen molar-refractivity contribution in [2.75, 3.05) is 29.4 Å². The van der Waals surface area contributed by atoms with Crippen molar-refractivity contribution in [3.05, 3.63) is 23.8 Å². The van der Waals surface area contributed by atoms with Gasteiger partial charge in [0.05, 0.1) is 0 Å². The fourth-order valence-electron chi connectivity index (χ4n) is 3.49. The second-order valence-corrected chi connectivity index (χ2v) is 7.19. The second kappa shape index (κ2) is 6.72. The van der Waals surface area contributed by atoms with Gasteiger partial charge < -0.3 is 9.80 Å². The van der Waals surface area contributed by atoms with Gasteiger partial charge in [0.25, 0.3) is 0 Å². The van der Waals surface area contributed by atoms with Gasteiger partial charge in [-0.25, -0.2) is 0 Å². The van der Waals surface area contributed by atoms with Crippen molar-refractivity contribution in [2.24, 2.45) is 0 Å². The Morgan fingerprint density at radius 1 is 1.10 bits per heavy atom. The van der Waals surface area contributed by atoms with Crippen LogP contribution in [0.15, 0.2) is 18.2 Å². The van der Waals surface area contributed by atoms with E-state index in [0.717, 1.165) is 0 Å². The summed E-state index contributed by atoms with van der Waals surface area (Å²) in [6.07, 6.45) is 4.93. The topological polar surface area (TPSA) is 6.48 Å². The zero-order valence-electron chi connectivity index (χ0n) is 14.6. The minimum atomic E-state index is 0.203. The van der Waals surface area contributed by atoms with Crippen LogP contribution in [0, 0.1) is 0 Å². The predicted molar refractivity (Wildman–Crippen MR) is 94.7 cm³/mol. The highest BCUT2D eigenvalue weighted by atomic mass is 15.2. The normalized spacial score (nSPS) is 15.0. The molecule has 0 aromatic heterocycles. The zero-order valence-corrected chi connectivity index (χ0v) is 14.6. The molecule has 118 valence electrons. The molecular formula is C19H32N2. The highest BCUT2D eigenvalue weighted by Gasteiger charge is 2.28. The van der Waals surface area contributed by atoms with E-state index in [1.54, 1.807) is 5.56 Å². The highest BCUT2D eigenvalue weighted by molar-refractivity contribution is 5.69. The fourth-order valence-corrected chi connectivity index (χ4v) is 3.49. The summed E-state index contributed by atoms with van der Waals surface area (Å²) < 4.78 is 0. The minimum absolute atomic E-state index is 0.203. The lowest BCUT2D eigenvalue weighted by atomic mass is 9.94. The summed E-state index contributed by atoms with van der Waals surface area (Å²) in [7, 11) is 0. The maximum Gasteiger partial charge on any atom is 0.0423 e. The largest absolute Gasteiger partial charge is 0.371 e. The van der Waals surface area contributed by atoms with E-state index in [-0.39, 0.29) is 5.54 Å². The van der Waals surface area contributed by atoms with E-state index in [0.29, 0.717) is 0 Å². The van der Waals surface area contributed by atoms with Gasteiger partial charge in [-0.05, 0) is 64.2 Å². The van der Waals surface area contributed by atoms with Crippen LogP contribution in [0.25, 0.3) is 0 Å². The standard InChI is InChI=1S/C19H32N2/c1-6-13-20(14-7-2)17-11-8-12-18-16(17)10-9-15-21(18)19(3,4)5/h8,11-12H,6-7,9-10,13-15H2,1-5H3. The molecule has 0 aliphatic carbocycles. The van der Waals surface area contributed by atoms with Crippen molar-refractivity contribution in [3.8, 4) is 0 Å². The lowest BCUT2D eigenvalue weighted by molar-refractivity contribution is 0.483. The zero-order chi connectivity index (χ0) is 15.5. The molecule has 0 bridgehead atoms. The van der Waals surface area contributed by atoms with E-state index in [9.17, 15) is 0 Å². The van der Waals surface area contributed by atoms with Gasteiger partial charge in [0.1, 0.15) is 0 Å². The lowest BCUT2D eigenvalue weighted by Crippen LogP contribution is -2.44. The van der Waals surface area contributed by atoms with E-state index in [4.69, 9.17) is 0 Å². The number of rotatable bonds is 5. The number of benzene rings is 1. The molecule has 1 aromatic rings. The maximum absolute atomic E-state index is 2.59. The molecular weight excluding hydrogens is 256 g/mol. The molecule has 1 heterocycles. The van der Waals surface area contributed by atoms with Crippen molar-refractivity contribution < 1.29 is 0 Å². The summed E-state index contributed by atoms with van der Waals surface area (Å²) in [4.78, 5) is 5.18. The summed E-state index contributed by atoms with van der Waals surface area (Å²) in [5.41, 5.74) is 4.71. The van der Waals surface area contributed by atoms with Crippen LogP contribution >= 0.6 is 0 Å². The number of nitrogens with zero attached hydrogens (tertiary/aromatic N) is 2. The van der Waals surface area contributed by atoms with Gasteiger partial charge in [-0.15, -0.1) is 0 Å². The van der Waals surface area contributed by atoms with Gasteiger partial charge >= 0.3 is 0 Å². The molecule has 0 atom stereocenters. The van der Waals surface area contributed by atoms with E-state index < -0.39 is 0 Å². The maximum atomic E-state index is 2.59. The Hall–Kier alpha value is -1.18. The smallest absolute Gasteiger partial charge is 0.0423 e. The summed E-state index contributed by atoms with van der Waals surface area (Å²) in [5.74, 6) is 0. The number of fused-ring (bicyclic) bond motifs is 1. The lowest BCUT2D eigenvalue weighted by Gasteiger charge is -2.43. The summed E-state index contributed by atoms with van der Waals surface area (Å²) in [6, 6.07) is 6.90. The SMILES string of the molecule is CCCN(CCC)c1cccc2c1CCCN2C(C)(C)C. The second-order valence-electron chi connectivity index (χ2n) is 7.19. The molecule has 0 radical (unpaired) electrons. The number of anilines is 2. The molecule has 1 aromatic carbocycles. The number of hydrogen-bond acceptors (Lipinski definition) is 2. The molecule has 0 unspecified atom stereocenters. The Morgan fingerprint density at radius 2 is 1.76 bits per heavy atom. The highest BCUT2D eigenvalue weighted by Crippen LogP contribution is 2.38. The van der Waals surface area contributed by atoms with Crippen molar-refractivity contribution >= 4 is 11.4 Å². The summed E-state index contributed by atoms with van der Waals surface area (Å²) in [6.45, 7) is 15.0. The molecule has 2 heteroatoms. The van der Waals surface area contributed by atoms with Crippen molar-refractivity contribution in [1.29, 1.82) is 0 Å². The van der Waals surface area contributed by atoms with Crippen LogP contribution in [0.5, 0.6) is 0 Å². The van der Waals surface area contributed by atoms with Gasteiger partial charge in [-0.3, -0.25) is 0 Å². The minimum Gasteiger partial charge on any atom is -0.371 e. The third-order valence-corrected chi connectivity index (χ3v) is 4.36. The third kappa shape index (κ3) is 3.53. The Balaban J connectivity index is 2.41. The van der Waals surface area contributed by atoms with Crippen LogP contribution in [0.3, 0.4) is 0 Å². The third-order valence-electron chi connectivity index (χ3n) is 4.36. The first-order valence-electron chi connectivity index (χ1n) is 8.63. The van der Waals surface area contributed by atoms with Gasteiger partial charge in [0.2, 0.25) is 0 Å². The van der Waals surface area contributed by atoms with Crippen LogP contribution in [0.2, 0.25) is 0 Å². The van der Waals surface area contributed by atoms with Crippen LogP contribution < -0.4 is 9.80 Å². The molecule has 2 nitrogen and oxygen atoms in total. The molecule has 0 saturated carbocycles. The summed E-state index contributed by atoms with van der Waals surface area (Å²) in [5, 5.41) is 0. The van der Waals surface area contributed by atoms with Crippen LogP contribution in [0.1, 0.15) is 59.4 Å². The van der Waals surface area contributed by atoms with Crippen LogP contribution in [0.4, 0.5) is 11.4 Å². The van der Waals surface area contributed by atoms with E-state index in [2.05, 4.69) is 62.6 Å². The Morgan fingerprint density at radius 3 is 2.33 bits per heavy atom. The molecule has 0 fully saturated rings. The van der Waals surface area contributed by atoms with Crippen LogP contribution in [-0.2, 0) is 6.42 Å². The van der Waals surface area contributed by atoms with Gasteiger partial charge in [0, 0.05) is 36.5 Å². The monoisotopic (exact) mass is 288 g/mol. The molecule has 0 amide bonds. The Kier molecular flexibility index (Phi) is 5.18. The molecule has 0 N–H and O–H groups in total. The Labute approximate surface area is 131 Å². The predicted octanol–water partition coefficient (Wildman–Crippen LogP) is 4.86. The molecule has 1 aliphatic rings. The first-order chi connectivity index (χ1) is 9.99. The van der Waals surface area contributed by atoms with Crippen LogP contribution in [-0.4, -0.2) is 25.2 Å². The first kappa shape index (κ1) is 16.2. The number of hydrogen-bond donors (Lipinski definition) is 0. The van der Waals surface area contributed by atoms with Crippen molar-refractivity contribution in [1.82, 2.24) is 0 Å². The van der Waals surface area contributed by atoms with Gasteiger partial charge in [-0.2, -0.15) is 0 Å². The molecule has 21 heavy (non-hydrogen) atoms. The van der Waals surface area contributed by atoms with Crippen molar-refractivity contribution in [2.45, 2.75) is 65.8 Å². The first-order valence-corrected chi connectivity index (χ1v) is 8.63. The fraction of sp³-hybridized carbons (Fsp3) is 0.684. The average molecular weight is 288 g/mol. The van der Waals surface area contributed by atoms with Gasteiger partial charge in [-0.1, -0.05) is 19.9 Å². The molecule has 0 saturated heterocycles. The molecule has 0 spiro atoms. The van der Waals surface area contributed by atoms with E-state index in [1.807, 2.05) is 0 Å². The van der Waals surface area contributed by atoms with Gasteiger partial charge in [0.15, 0.2) is 0 Å². The summed E-state index contributed by atoms with van der Waals surface area (Å²) >= 11 is 0. The quantitative estimate of drug-likeness (QED) is 0.763. The average Bonchev–Trinajstić information content (AvgIpc) is 2.45. The molecule has 2 rings (SSSR count). The molecule has 1 aliphatic heterocycles. The Bertz CT molecular complexity index is 453.